The van der Waals surface area contributed by atoms with Crippen molar-refractivity contribution < 1.29 is 4.42 Å². The third-order valence-electron chi connectivity index (χ3n) is 2.17. The molecule has 0 radical (unpaired) electrons. The fraction of sp³-hybridized carbons (Fsp3) is 0.0909. The Balaban J connectivity index is 2.41. The highest BCUT2D eigenvalue weighted by Gasteiger charge is 2.16. The maximum absolute atomic E-state index is 6.06. The molecule has 1 aromatic heterocycles. The minimum absolute atomic E-state index is 0.388. The summed E-state index contributed by atoms with van der Waals surface area (Å²) in [5, 5.41) is 1.11. The van der Waals surface area contributed by atoms with E-state index in [2.05, 4.69) is 15.9 Å². The molecule has 2 aromatic rings. The molecule has 0 aliphatic heterocycles. The lowest BCUT2D eigenvalue weighted by atomic mass is 10.1. The molecule has 0 fully saturated rings. The van der Waals surface area contributed by atoms with E-state index < -0.39 is 0 Å². The molecule has 2 N–H and O–H groups in total. The van der Waals surface area contributed by atoms with Gasteiger partial charge in [0, 0.05) is 10.0 Å². The lowest BCUT2D eigenvalue weighted by Crippen LogP contribution is -2.11. The Morgan fingerprint density at radius 2 is 1.81 bits per heavy atom. The molecule has 84 valence electrons. The zero-order chi connectivity index (χ0) is 11.7. The van der Waals surface area contributed by atoms with E-state index in [4.69, 9.17) is 33.4 Å². The van der Waals surface area contributed by atoms with Crippen molar-refractivity contribution in [1.82, 2.24) is 0 Å². The molecular formula is C11H8BrCl2NO. The quantitative estimate of drug-likeness (QED) is 0.891. The molecule has 0 amide bonds. The van der Waals surface area contributed by atoms with Gasteiger partial charge in [0.05, 0.1) is 16.8 Å². The number of hydrogen-bond donors (Lipinski definition) is 1. The summed E-state index contributed by atoms with van der Waals surface area (Å²) >= 11 is 15.2. The molecule has 0 saturated carbocycles. The summed E-state index contributed by atoms with van der Waals surface area (Å²) < 4.78 is 6.13. The molecule has 1 heterocycles. The van der Waals surface area contributed by atoms with Crippen molar-refractivity contribution in [3.05, 3.63) is 56.4 Å². The van der Waals surface area contributed by atoms with Crippen molar-refractivity contribution >= 4 is 39.1 Å². The minimum Gasteiger partial charge on any atom is -0.466 e. The van der Waals surface area contributed by atoms with E-state index in [1.807, 2.05) is 0 Å². The first kappa shape index (κ1) is 12.0. The lowest BCUT2D eigenvalue weighted by molar-refractivity contribution is 0.487. The molecule has 0 spiro atoms. The first-order valence-corrected chi connectivity index (χ1v) is 6.07. The van der Waals surface area contributed by atoms with E-state index in [-0.39, 0.29) is 6.04 Å². The average molecular weight is 321 g/mol. The van der Waals surface area contributed by atoms with E-state index in [9.17, 15) is 0 Å². The van der Waals surface area contributed by atoms with Crippen LogP contribution < -0.4 is 5.73 Å². The van der Waals surface area contributed by atoms with Crippen LogP contribution in [-0.2, 0) is 0 Å². The highest BCUT2D eigenvalue weighted by Crippen LogP contribution is 2.30. The molecule has 2 rings (SSSR count). The van der Waals surface area contributed by atoms with Crippen LogP contribution in [0.25, 0.3) is 0 Å². The Morgan fingerprint density at radius 3 is 2.31 bits per heavy atom. The van der Waals surface area contributed by atoms with Gasteiger partial charge in [-0.05, 0) is 45.8 Å². The fourth-order valence-electron chi connectivity index (χ4n) is 1.43. The molecule has 0 aliphatic rings. The lowest BCUT2D eigenvalue weighted by Gasteiger charge is -2.10. The van der Waals surface area contributed by atoms with E-state index in [0.29, 0.717) is 15.8 Å². The van der Waals surface area contributed by atoms with E-state index >= 15 is 0 Å². The van der Waals surface area contributed by atoms with Crippen LogP contribution in [0.4, 0.5) is 0 Å². The summed E-state index contributed by atoms with van der Waals surface area (Å²) in [6, 6.07) is 6.61. The average Bonchev–Trinajstić information content (AvgIpc) is 2.62. The van der Waals surface area contributed by atoms with Gasteiger partial charge in [-0.1, -0.05) is 23.2 Å². The van der Waals surface area contributed by atoms with Crippen molar-refractivity contribution in [3.8, 4) is 0 Å². The van der Waals surface area contributed by atoms with Crippen LogP contribution in [0.1, 0.15) is 17.4 Å². The zero-order valence-electron chi connectivity index (χ0n) is 8.08. The van der Waals surface area contributed by atoms with Crippen molar-refractivity contribution in [2.24, 2.45) is 5.73 Å². The summed E-state index contributed by atoms with van der Waals surface area (Å²) in [6.45, 7) is 0. The summed E-state index contributed by atoms with van der Waals surface area (Å²) in [5.74, 6) is 0.651. The highest BCUT2D eigenvalue weighted by atomic mass is 79.9. The SMILES string of the molecule is NC(c1cc(Cl)cc(Cl)c1)c1occc1Br. The molecule has 0 bridgehead atoms. The van der Waals surface area contributed by atoms with Crippen LogP contribution >= 0.6 is 39.1 Å². The summed E-state index contributed by atoms with van der Waals surface area (Å²) in [4.78, 5) is 0. The Hall–Kier alpha value is -0.480. The van der Waals surface area contributed by atoms with Gasteiger partial charge in [0.15, 0.2) is 0 Å². The Kier molecular flexibility index (Phi) is 3.60. The summed E-state index contributed by atoms with van der Waals surface area (Å²) in [6.07, 6.45) is 1.57. The van der Waals surface area contributed by atoms with Gasteiger partial charge in [0.2, 0.25) is 0 Å². The standard InChI is InChI=1S/C11H8BrCl2NO/c12-9-1-2-16-11(9)10(15)6-3-7(13)5-8(14)4-6/h1-5,10H,15H2. The topological polar surface area (TPSA) is 39.2 Å². The van der Waals surface area contributed by atoms with Gasteiger partial charge in [-0.25, -0.2) is 0 Å². The number of rotatable bonds is 2. The van der Waals surface area contributed by atoms with Crippen LogP contribution in [0.15, 0.2) is 39.4 Å². The molecule has 1 atom stereocenters. The normalized spacial score (nSPS) is 12.8. The van der Waals surface area contributed by atoms with Crippen molar-refractivity contribution in [2.75, 3.05) is 0 Å². The van der Waals surface area contributed by atoms with Gasteiger partial charge in [-0.15, -0.1) is 0 Å². The Bertz CT molecular complexity index is 492. The van der Waals surface area contributed by atoms with Crippen LogP contribution in [-0.4, -0.2) is 0 Å². The Morgan fingerprint density at radius 1 is 1.19 bits per heavy atom. The van der Waals surface area contributed by atoms with Crippen molar-refractivity contribution in [2.45, 2.75) is 6.04 Å². The third-order valence-corrected chi connectivity index (χ3v) is 3.26. The number of hydrogen-bond acceptors (Lipinski definition) is 2. The number of nitrogens with two attached hydrogens (primary N) is 1. The second kappa shape index (κ2) is 4.80. The maximum atomic E-state index is 6.06. The molecule has 5 heteroatoms. The predicted molar refractivity (Wildman–Crippen MR) is 68.9 cm³/mol. The molecule has 1 unspecified atom stereocenters. The molecule has 1 aromatic carbocycles. The smallest absolute Gasteiger partial charge is 0.139 e. The van der Waals surface area contributed by atoms with E-state index in [0.717, 1.165) is 10.0 Å². The van der Waals surface area contributed by atoms with Gasteiger partial charge in [0.25, 0.3) is 0 Å². The monoisotopic (exact) mass is 319 g/mol. The molecular weight excluding hydrogens is 313 g/mol. The second-order valence-corrected chi connectivity index (χ2v) is 5.04. The van der Waals surface area contributed by atoms with Gasteiger partial charge in [-0.3, -0.25) is 0 Å². The maximum Gasteiger partial charge on any atom is 0.139 e. The molecule has 16 heavy (non-hydrogen) atoms. The molecule has 0 saturated heterocycles. The summed E-state index contributed by atoms with van der Waals surface area (Å²) in [5.41, 5.74) is 6.87. The number of halogens is 3. The third kappa shape index (κ3) is 2.43. The predicted octanol–water partition coefficient (Wildman–Crippen LogP) is 4.40. The van der Waals surface area contributed by atoms with E-state index in [1.54, 1.807) is 30.5 Å². The summed E-state index contributed by atoms with van der Waals surface area (Å²) in [7, 11) is 0. The van der Waals surface area contributed by atoms with Gasteiger partial charge < -0.3 is 10.2 Å². The van der Waals surface area contributed by atoms with Crippen LogP contribution in [0.5, 0.6) is 0 Å². The van der Waals surface area contributed by atoms with Crippen LogP contribution in [0.3, 0.4) is 0 Å². The number of benzene rings is 1. The molecule has 0 aliphatic carbocycles. The largest absolute Gasteiger partial charge is 0.466 e. The van der Waals surface area contributed by atoms with Gasteiger partial charge in [0.1, 0.15) is 5.76 Å². The van der Waals surface area contributed by atoms with Crippen molar-refractivity contribution in [3.63, 3.8) is 0 Å². The van der Waals surface area contributed by atoms with Crippen LogP contribution in [0, 0.1) is 0 Å². The van der Waals surface area contributed by atoms with Crippen LogP contribution in [0.2, 0.25) is 10.0 Å². The Labute approximate surface area is 111 Å². The highest BCUT2D eigenvalue weighted by molar-refractivity contribution is 9.10. The van der Waals surface area contributed by atoms with E-state index in [1.165, 1.54) is 0 Å². The van der Waals surface area contributed by atoms with Gasteiger partial charge >= 0.3 is 0 Å². The first-order valence-electron chi connectivity index (χ1n) is 4.52. The zero-order valence-corrected chi connectivity index (χ0v) is 11.2. The van der Waals surface area contributed by atoms with Gasteiger partial charge in [-0.2, -0.15) is 0 Å². The minimum atomic E-state index is -0.388. The van der Waals surface area contributed by atoms with Crippen molar-refractivity contribution in [1.29, 1.82) is 0 Å². The fourth-order valence-corrected chi connectivity index (χ4v) is 2.42. The first-order chi connectivity index (χ1) is 7.58. The molecule has 2 nitrogen and oxygen atoms in total. The second-order valence-electron chi connectivity index (χ2n) is 3.31. The number of furan rings is 1.